The molecule has 0 fully saturated rings. The first-order valence-electron chi connectivity index (χ1n) is 8.74. The summed E-state index contributed by atoms with van der Waals surface area (Å²) in [6, 6.07) is 7.17. The van der Waals surface area contributed by atoms with Crippen molar-refractivity contribution < 1.29 is 9.59 Å². The average molecular weight is 339 g/mol. The fourth-order valence-corrected chi connectivity index (χ4v) is 3.33. The van der Waals surface area contributed by atoms with Gasteiger partial charge in [-0.1, -0.05) is 45.0 Å². The Bertz CT molecular complexity index is 797. The van der Waals surface area contributed by atoms with Gasteiger partial charge in [-0.2, -0.15) is 5.10 Å². The molecule has 1 N–H and O–H groups in total. The van der Waals surface area contributed by atoms with E-state index in [0.29, 0.717) is 5.56 Å². The Labute approximate surface area is 148 Å². The third-order valence-corrected chi connectivity index (χ3v) is 4.90. The number of hydrogen-bond acceptors (Lipinski definition) is 3. The molecule has 5 nitrogen and oxygen atoms in total. The minimum absolute atomic E-state index is 0.0165. The predicted octanol–water partition coefficient (Wildman–Crippen LogP) is 3.09. The number of nitrogens with one attached hydrogen (secondary N) is 1. The van der Waals surface area contributed by atoms with Crippen molar-refractivity contribution in [1.82, 2.24) is 15.1 Å². The molecule has 25 heavy (non-hydrogen) atoms. The molecule has 0 saturated heterocycles. The number of ketones is 1. The van der Waals surface area contributed by atoms with E-state index in [1.165, 1.54) is 0 Å². The molecule has 1 aliphatic carbocycles. The van der Waals surface area contributed by atoms with Gasteiger partial charge >= 0.3 is 0 Å². The van der Waals surface area contributed by atoms with Crippen LogP contribution in [0.2, 0.25) is 0 Å². The SMILES string of the molecule is Cn1ncc2c1CCC[C@@H]2NC(=O)C(=O)c1ccc(C(C)(C)C)cc1. The molecule has 0 spiro atoms. The molecule has 5 heteroatoms. The second kappa shape index (κ2) is 6.47. The summed E-state index contributed by atoms with van der Waals surface area (Å²) < 4.78 is 1.85. The molecule has 0 saturated carbocycles. The van der Waals surface area contributed by atoms with Crippen molar-refractivity contribution in [2.24, 2.45) is 7.05 Å². The molecule has 1 aromatic heterocycles. The molecule has 1 amide bonds. The summed E-state index contributed by atoms with van der Waals surface area (Å²) in [5.41, 5.74) is 3.74. The van der Waals surface area contributed by atoms with E-state index in [-0.39, 0.29) is 11.5 Å². The average Bonchev–Trinajstić information content (AvgIpc) is 2.96. The lowest BCUT2D eigenvalue weighted by Gasteiger charge is -2.23. The van der Waals surface area contributed by atoms with Crippen molar-refractivity contribution in [2.75, 3.05) is 0 Å². The monoisotopic (exact) mass is 339 g/mol. The minimum atomic E-state index is -0.551. The van der Waals surface area contributed by atoms with E-state index < -0.39 is 11.7 Å². The van der Waals surface area contributed by atoms with Gasteiger partial charge in [0.05, 0.1) is 12.2 Å². The van der Waals surface area contributed by atoms with Crippen molar-refractivity contribution in [3.05, 3.63) is 52.8 Å². The van der Waals surface area contributed by atoms with Gasteiger partial charge in [0.1, 0.15) is 0 Å². The van der Waals surface area contributed by atoms with Crippen LogP contribution in [0.3, 0.4) is 0 Å². The highest BCUT2D eigenvalue weighted by Crippen LogP contribution is 2.29. The number of nitrogens with zero attached hydrogens (tertiary/aromatic N) is 2. The third-order valence-electron chi connectivity index (χ3n) is 4.90. The van der Waals surface area contributed by atoms with E-state index in [1.807, 2.05) is 23.9 Å². The maximum Gasteiger partial charge on any atom is 0.292 e. The molecule has 0 unspecified atom stereocenters. The summed E-state index contributed by atoms with van der Waals surface area (Å²) in [6.45, 7) is 6.35. The number of rotatable bonds is 3. The number of Topliss-reactive ketones (excluding diaryl/α,β-unsaturated/α-hetero) is 1. The molecule has 1 aliphatic rings. The van der Waals surface area contributed by atoms with Crippen LogP contribution < -0.4 is 5.32 Å². The number of amides is 1. The zero-order valence-corrected chi connectivity index (χ0v) is 15.3. The van der Waals surface area contributed by atoms with Gasteiger partial charge in [0.2, 0.25) is 5.78 Å². The number of benzene rings is 1. The highest BCUT2D eigenvalue weighted by atomic mass is 16.2. The standard InChI is InChI=1S/C20H25N3O2/c1-20(2,3)14-10-8-13(9-11-14)18(24)19(25)22-16-6-5-7-17-15(16)12-21-23(17)4/h8-12,16H,5-7H2,1-4H3,(H,22,25)/t16-/m0/s1. The number of aromatic nitrogens is 2. The smallest absolute Gasteiger partial charge is 0.292 e. The number of fused-ring (bicyclic) bond motifs is 1. The summed E-state index contributed by atoms with van der Waals surface area (Å²) in [5, 5.41) is 7.16. The topological polar surface area (TPSA) is 64.0 Å². The van der Waals surface area contributed by atoms with Gasteiger partial charge in [0, 0.05) is 23.9 Å². The fourth-order valence-electron chi connectivity index (χ4n) is 3.33. The lowest BCUT2D eigenvalue weighted by Crippen LogP contribution is -2.36. The van der Waals surface area contributed by atoms with Crippen LogP contribution in [0.15, 0.2) is 30.5 Å². The van der Waals surface area contributed by atoms with Crippen molar-refractivity contribution in [3.8, 4) is 0 Å². The Morgan fingerprint density at radius 1 is 1.20 bits per heavy atom. The largest absolute Gasteiger partial charge is 0.342 e. The number of aryl methyl sites for hydroxylation is 1. The van der Waals surface area contributed by atoms with E-state index in [0.717, 1.165) is 36.1 Å². The van der Waals surface area contributed by atoms with Gasteiger partial charge in [0.25, 0.3) is 5.91 Å². The second-order valence-corrected chi connectivity index (χ2v) is 7.74. The maximum atomic E-state index is 12.5. The van der Waals surface area contributed by atoms with Gasteiger partial charge in [-0.3, -0.25) is 14.3 Å². The summed E-state index contributed by atoms with van der Waals surface area (Å²) in [6.07, 6.45) is 4.56. The molecule has 0 bridgehead atoms. The molecule has 0 aliphatic heterocycles. The Morgan fingerprint density at radius 3 is 2.52 bits per heavy atom. The lowest BCUT2D eigenvalue weighted by molar-refractivity contribution is -0.117. The van der Waals surface area contributed by atoms with Gasteiger partial charge in [-0.05, 0) is 30.2 Å². The second-order valence-electron chi connectivity index (χ2n) is 7.74. The van der Waals surface area contributed by atoms with Gasteiger partial charge in [-0.25, -0.2) is 0 Å². The molecule has 1 heterocycles. The molecule has 3 rings (SSSR count). The van der Waals surface area contributed by atoms with Crippen LogP contribution in [0.5, 0.6) is 0 Å². The van der Waals surface area contributed by atoms with Crippen LogP contribution in [0.1, 0.15) is 66.8 Å². The maximum absolute atomic E-state index is 12.5. The van der Waals surface area contributed by atoms with Crippen molar-refractivity contribution >= 4 is 11.7 Å². The molecule has 2 aromatic rings. The molecule has 132 valence electrons. The number of carbonyl (C=O) groups excluding carboxylic acids is 2. The molecular formula is C20H25N3O2. The van der Waals surface area contributed by atoms with E-state index >= 15 is 0 Å². The van der Waals surface area contributed by atoms with E-state index in [4.69, 9.17) is 0 Å². The van der Waals surface area contributed by atoms with Crippen molar-refractivity contribution in [1.29, 1.82) is 0 Å². The molecule has 1 atom stereocenters. The van der Waals surface area contributed by atoms with Crippen LogP contribution >= 0.6 is 0 Å². The van der Waals surface area contributed by atoms with Crippen molar-refractivity contribution in [2.45, 2.75) is 51.5 Å². The van der Waals surface area contributed by atoms with E-state index in [2.05, 4.69) is 31.2 Å². The highest BCUT2D eigenvalue weighted by Gasteiger charge is 2.27. The first kappa shape index (κ1) is 17.4. The molecule has 0 radical (unpaired) electrons. The van der Waals surface area contributed by atoms with Gasteiger partial charge in [-0.15, -0.1) is 0 Å². The third kappa shape index (κ3) is 3.50. The highest BCUT2D eigenvalue weighted by molar-refractivity contribution is 6.42. The van der Waals surface area contributed by atoms with Crippen molar-refractivity contribution in [3.63, 3.8) is 0 Å². The summed E-state index contributed by atoms with van der Waals surface area (Å²) in [4.78, 5) is 24.9. The molecular weight excluding hydrogens is 314 g/mol. The normalized spacial score (nSPS) is 17.0. The first-order chi connectivity index (χ1) is 11.8. The van der Waals surface area contributed by atoms with Crippen LogP contribution in [-0.2, 0) is 23.7 Å². The first-order valence-corrected chi connectivity index (χ1v) is 8.74. The predicted molar refractivity (Wildman–Crippen MR) is 96.5 cm³/mol. The zero-order chi connectivity index (χ0) is 18.2. The van der Waals surface area contributed by atoms with Gasteiger partial charge < -0.3 is 5.32 Å². The van der Waals surface area contributed by atoms with Gasteiger partial charge in [0.15, 0.2) is 0 Å². The Morgan fingerprint density at radius 2 is 1.88 bits per heavy atom. The van der Waals surface area contributed by atoms with E-state index in [1.54, 1.807) is 18.3 Å². The Hall–Kier alpha value is -2.43. The molecule has 1 aromatic carbocycles. The summed E-state index contributed by atoms with van der Waals surface area (Å²) in [7, 11) is 1.91. The minimum Gasteiger partial charge on any atom is -0.342 e. The number of carbonyl (C=O) groups is 2. The van der Waals surface area contributed by atoms with Crippen LogP contribution in [0.4, 0.5) is 0 Å². The quantitative estimate of drug-likeness (QED) is 0.690. The zero-order valence-electron chi connectivity index (χ0n) is 15.3. The Kier molecular flexibility index (Phi) is 4.50. The summed E-state index contributed by atoms with van der Waals surface area (Å²) >= 11 is 0. The van der Waals surface area contributed by atoms with Crippen LogP contribution in [0.25, 0.3) is 0 Å². The summed E-state index contributed by atoms with van der Waals surface area (Å²) in [5.74, 6) is -1.04. The van der Waals surface area contributed by atoms with Crippen LogP contribution in [0, 0.1) is 0 Å². The fraction of sp³-hybridized carbons (Fsp3) is 0.450. The Balaban J connectivity index is 1.73. The van der Waals surface area contributed by atoms with E-state index in [9.17, 15) is 9.59 Å². The number of hydrogen-bond donors (Lipinski definition) is 1. The van der Waals surface area contributed by atoms with Crippen LogP contribution in [-0.4, -0.2) is 21.5 Å². The lowest BCUT2D eigenvalue weighted by atomic mass is 9.86.